The highest BCUT2D eigenvalue weighted by atomic mass is 127. The Hall–Kier alpha value is -1.42. The largest absolute Gasteiger partial charge is 0.373 e. The molecule has 1 aliphatic rings. The minimum absolute atomic E-state index is 0. The van der Waals surface area contributed by atoms with Gasteiger partial charge in [0.1, 0.15) is 5.82 Å². The van der Waals surface area contributed by atoms with Gasteiger partial charge in [0.25, 0.3) is 0 Å². The molecule has 0 saturated carbocycles. The van der Waals surface area contributed by atoms with Crippen LogP contribution >= 0.6 is 24.0 Å². The van der Waals surface area contributed by atoms with E-state index in [1.165, 1.54) is 0 Å². The molecular formula is C17H27IN6O. The third-order valence-electron chi connectivity index (χ3n) is 4.24. The zero-order valence-corrected chi connectivity index (χ0v) is 17.2. The van der Waals surface area contributed by atoms with Gasteiger partial charge in [-0.05, 0) is 38.8 Å². The van der Waals surface area contributed by atoms with Crippen molar-refractivity contribution in [3.63, 3.8) is 0 Å². The number of ether oxygens (including phenoxy) is 1. The molecule has 0 bridgehead atoms. The van der Waals surface area contributed by atoms with Crippen molar-refractivity contribution in [1.29, 1.82) is 0 Å². The van der Waals surface area contributed by atoms with Crippen LogP contribution in [0.2, 0.25) is 0 Å². The SMILES string of the molecule is CCNC(=NCC1(C)CCCO1)NCCc1nnc2ccccn12.I. The summed E-state index contributed by atoms with van der Waals surface area (Å²) >= 11 is 0. The van der Waals surface area contributed by atoms with Crippen molar-refractivity contribution < 1.29 is 4.74 Å². The van der Waals surface area contributed by atoms with Crippen LogP contribution in [0.4, 0.5) is 0 Å². The van der Waals surface area contributed by atoms with Crippen LogP contribution in [0.3, 0.4) is 0 Å². The minimum Gasteiger partial charge on any atom is -0.373 e. The number of pyridine rings is 1. The van der Waals surface area contributed by atoms with Crippen LogP contribution in [0.25, 0.3) is 5.65 Å². The molecule has 138 valence electrons. The number of fused-ring (bicyclic) bond motifs is 1. The van der Waals surface area contributed by atoms with E-state index in [-0.39, 0.29) is 29.6 Å². The van der Waals surface area contributed by atoms with Crippen molar-refractivity contribution in [1.82, 2.24) is 25.2 Å². The lowest BCUT2D eigenvalue weighted by atomic mass is 10.0. The number of aliphatic imine (C=N–C) groups is 1. The molecule has 0 radical (unpaired) electrons. The highest BCUT2D eigenvalue weighted by molar-refractivity contribution is 14.0. The standard InChI is InChI=1S/C17H26N6O.HI/c1-3-18-16(20-13-17(2)9-6-12-24-17)19-10-8-15-22-21-14-7-4-5-11-23(14)15;/h4-5,7,11H,3,6,8-10,12-13H2,1-2H3,(H2,18,19,20);1H. The summed E-state index contributed by atoms with van der Waals surface area (Å²) in [5, 5.41) is 15.1. The molecule has 1 aliphatic heterocycles. The Morgan fingerprint density at radius 3 is 3.00 bits per heavy atom. The third kappa shape index (κ3) is 5.27. The summed E-state index contributed by atoms with van der Waals surface area (Å²) in [6.45, 7) is 7.30. The Bertz CT molecular complexity index is 695. The topological polar surface area (TPSA) is 75.8 Å². The van der Waals surface area contributed by atoms with Gasteiger partial charge in [-0.1, -0.05) is 6.07 Å². The molecule has 2 aromatic heterocycles. The first-order valence-electron chi connectivity index (χ1n) is 8.65. The van der Waals surface area contributed by atoms with Crippen molar-refractivity contribution in [2.75, 3.05) is 26.2 Å². The predicted octanol–water partition coefficient (Wildman–Crippen LogP) is 2.01. The quantitative estimate of drug-likeness (QED) is 0.394. The highest BCUT2D eigenvalue weighted by Gasteiger charge is 2.29. The van der Waals surface area contributed by atoms with Crippen LogP contribution < -0.4 is 10.6 Å². The van der Waals surface area contributed by atoms with Gasteiger partial charge in [0, 0.05) is 32.3 Å². The van der Waals surface area contributed by atoms with Crippen molar-refractivity contribution in [2.24, 2.45) is 4.99 Å². The number of hydrogen-bond acceptors (Lipinski definition) is 4. The van der Waals surface area contributed by atoms with Crippen LogP contribution in [0, 0.1) is 0 Å². The normalized spacial score (nSPS) is 20.5. The summed E-state index contributed by atoms with van der Waals surface area (Å²) in [6.07, 6.45) is 4.96. The molecule has 1 fully saturated rings. The molecule has 1 saturated heterocycles. The van der Waals surface area contributed by atoms with Crippen LogP contribution in [0.15, 0.2) is 29.4 Å². The van der Waals surface area contributed by atoms with Gasteiger partial charge in [0.2, 0.25) is 0 Å². The fourth-order valence-electron chi connectivity index (χ4n) is 2.90. The number of nitrogens with zero attached hydrogens (tertiary/aromatic N) is 4. The predicted molar refractivity (Wildman–Crippen MR) is 110 cm³/mol. The molecule has 7 nitrogen and oxygen atoms in total. The van der Waals surface area contributed by atoms with Gasteiger partial charge in [-0.3, -0.25) is 9.39 Å². The molecule has 0 amide bonds. The number of hydrogen-bond donors (Lipinski definition) is 2. The molecule has 1 unspecified atom stereocenters. The molecule has 0 spiro atoms. The maximum Gasteiger partial charge on any atom is 0.191 e. The number of aromatic nitrogens is 3. The summed E-state index contributed by atoms with van der Waals surface area (Å²) in [5.74, 6) is 1.77. The molecule has 1 atom stereocenters. The molecule has 25 heavy (non-hydrogen) atoms. The first-order chi connectivity index (χ1) is 11.7. The molecule has 8 heteroatoms. The van der Waals surface area contributed by atoms with Crippen LogP contribution in [0.1, 0.15) is 32.5 Å². The molecular weight excluding hydrogens is 431 g/mol. The van der Waals surface area contributed by atoms with E-state index in [9.17, 15) is 0 Å². The monoisotopic (exact) mass is 458 g/mol. The summed E-state index contributed by atoms with van der Waals surface area (Å²) in [6, 6.07) is 5.91. The first kappa shape index (κ1) is 19.9. The van der Waals surface area contributed by atoms with Crippen LogP contribution in [-0.4, -0.2) is 52.4 Å². The van der Waals surface area contributed by atoms with Gasteiger partial charge < -0.3 is 15.4 Å². The van der Waals surface area contributed by atoms with Crippen molar-refractivity contribution in [3.8, 4) is 0 Å². The molecule has 3 rings (SSSR count). The van der Waals surface area contributed by atoms with E-state index < -0.39 is 0 Å². The highest BCUT2D eigenvalue weighted by Crippen LogP contribution is 2.24. The number of guanidine groups is 1. The number of nitrogens with one attached hydrogen (secondary N) is 2. The molecule has 2 aromatic rings. The lowest BCUT2D eigenvalue weighted by Gasteiger charge is -2.21. The third-order valence-corrected chi connectivity index (χ3v) is 4.24. The van der Waals surface area contributed by atoms with Crippen molar-refractivity contribution in [3.05, 3.63) is 30.2 Å². The molecule has 2 N–H and O–H groups in total. The van der Waals surface area contributed by atoms with E-state index in [0.717, 1.165) is 56.4 Å². The summed E-state index contributed by atoms with van der Waals surface area (Å²) in [7, 11) is 0. The lowest BCUT2D eigenvalue weighted by molar-refractivity contribution is 0.0283. The summed E-state index contributed by atoms with van der Waals surface area (Å²) in [4.78, 5) is 4.67. The Morgan fingerprint density at radius 1 is 1.36 bits per heavy atom. The van der Waals surface area contributed by atoms with E-state index in [4.69, 9.17) is 4.74 Å². The van der Waals surface area contributed by atoms with Crippen LogP contribution in [-0.2, 0) is 11.2 Å². The second-order valence-electron chi connectivity index (χ2n) is 6.32. The molecule has 0 aromatic carbocycles. The van der Waals surface area contributed by atoms with Gasteiger partial charge in [0.15, 0.2) is 11.6 Å². The average molecular weight is 458 g/mol. The Kier molecular flexibility index (Phi) is 7.42. The fraction of sp³-hybridized carbons (Fsp3) is 0.588. The zero-order valence-electron chi connectivity index (χ0n) is 14.9. The van der Waals surface area contributed by atoms with E-state index in [2.05, 4.69) is 39.7 Å². The van der Waals surface area contributed by atoms with Gasteiger partial charge in [-0.15, -0.1) is 34.2 Å². The van der Waals surface area contributed by atoms with Gasteiger partial charge in [-0.25, -0.2) is 0 Å². The number of halogens is 1. The fourth-order valence-corrected chi connectivity index (χ4v) is 2.90. The van der Waals surface area contributed by atoms with E-state index in [1.54, 1.807) is 0 Å². The van der Waals surface area contributed by atoms with Crippen molar-refractivity contribution in [2.45, 2.75) is 38.7 Å². The summed E-state index contributed by atoms with van der Waals surface area (Å²) in [5.41, 5.74) is 0.755. The van der Waals surface area contributed by atoms with Gasteiger partial charge in [-0.2, -0.15) is 0 Å². The minimum atomic E-state index is -0.119. The van der Waals surface area contributed by atoms with E-state index in [0.29, 0.717) is 6.54 Å². The Balaban J connectivity index is 0.00000225. The van der Waals surface area contributed by atoms with Crippen LogP contribution in [0.5, 0.6) is 0 Å². The molecule has 0 aliphatic carbocycles. The second kappa shape index (κ2) is 9.33. The first-order valence-corrected chi connectivity index (χ1v) is 8.65. The smallest absolute Gasteiger partial charge is 0.191 e. The zero-order chi connectivity index (χ0) is 16.8. The second-order valence-corrected chi connectivity index (χ2v) is 6.32. The van der Waals surface area contributed by atoms with Gasteiger partial charge in [0.05, 0.1) is 12.1 Å². The Labute approximate surface area is 165 Å². The number of rotatable bonds is 6. The molecule has 3 heterocycles. The Morgan fingerprint density at radius 2 is 2.24 bits per heavy atom. The average Bonchev–Trinajstić information content (AvgIpc) is 3.20. The van der Waals surface area contributed by atoms with Crippen molar-refractivity contribution >= 4 is 35.6 Å². The summed E-state index contributed by atoms with van der Waals surface area (Å²) < 4.78 is 7.81. The van der Waals surface area contributed by atoms with Gasteiger partial charge >= 0.3 is 0 Å². The maximum absolute atomic E-state index is 5.80. The van der Waals surface area contributed by atoms with E-state index >= 15 is 0 Å². The lowest BCUT2D eigenvalue weighted by Crippen LogP contribution is -2.40. The maximum atomic E-state index is 5.80. The van der Waals surface area contributed by atoms with E-state index in [1.807, 2.05) is 28.8 Å².